The van der Waals surface area contributed by atoms with Crippen molar-refractivity contribution in [3.8, 4) is 0 Å². The molecule has 0 N–H and O–H groups in total. The molecule has 0 amide bonds. The van der Waals surface area contributed by atoms with E-state index in [9.17, 15) is 19.0 Å². The lowest BCUT2D eigenvalue weighted by molar-refractivity contribution is -0.870. The van der Waals surface area contributed by atoms with Crippen LogP contribution in [-0.4, -0.2) is 70.0 Å². The van der Waals surface area contributed by atoms with Gasteiger partial charge in [0, 0.05) is 12.8 Å². The molecule has 456 valence electrons. The molecule has 0 aromatic carbocycles. The normalized spacial score (nSPS) is 13.3. The van der Waals surface area contributed by atoms with Crippen LogP contribution in [0.4, 0.5) is 0 Å². The minimum Gasteiger partial charge on any atom is -0.756 e. The fraction of sp³-hybridized carbons (Fsp3) is 0.910. The van der Waals surface area contributed by atoms with Crippen molar-refractivity contribution in [2.45, 2.75) is 347 Å². The zero-order valence-corrected chi connectivity index (χ0v) is 52.8. The highest BCUT2D eigenvalue weighted by Gasteiger charge is 2.22. The molecule has 0 saturated heterocycles. The largest absolute Gasteiger partial charge is 0.756 e. The van der Waals surface area contributed by atoms with Gasteiger partial charge in [-0.1, -0.05) is 289 Å². The highest BCUT2D eigenvalue weighted by Crippen LogP contribution is 2.38. The number of rotatable bonds is 63. The maximum Gasteiger partial charge on any atom is 0.306 e. The summed E-state index contributed by atoms with van der Waals surface area (Å²) in [5.74, 6) is -0.825. The van der Waals surface area contributed by atoms with Crippen LogP contribution in [0, 0.1) is 0 Å². The highest BCUT2D eigenvalue weighted by atomic mass is 31.2. The van der Waals surface area contributed by atoms with Gasteiger partial charge in [-0.05, 0) is 64.2 Å². The van der Waals surface area contributed by atoms with E-state index in [1.54, 1.807) is 0 Å². The molecule has 0 rings (SSSR count). The van der Waals surface area contributed by atoms with Gasteiger partial charge in [0.2, 0.25) is 0 Å². The lowest BCUT2D eigenvalue weighted by atomic mass is 10.0. The van der Waals surface area contributed by atoms with Crippen LogP contribution in [0.3, 0.4) is 0 Å². The number of hydrogen-bond acceptors (Lipinski definition) is 8. The summed E-state index contributed by atoms with van der Waals surface area (Å²) in [6.45, 7) is 4.28. The summed E-state index contributed by atoms with van der Waals surface area (Å²) in [6.07, 6.45) is 72.7. The van der Waals surface area contributed by atoms with Crippen LogP contribution in [0.5, 0.6) is 0 Å². The van der Waals surface area contributed by atoms with Crippen LogP contribution >= 0.6 is 7.82 Å². The number of hydrogen-bond donors (Lipinski definition) is 0. The fourth-order valence-electron chi connectivity index (χ4n) is 10.0. The second kappa shape index (κ2) is 59.1. The lowest BCUT2D eigenvalue weighted by Crippen LogP contribution is -2.37. The van der Waals surface area contributed by atoms with E-state index >= 15 is 0 Å². The van der Waals surface area contributed by atoms with E-state index in [-0.39, 0.29) is 32.0 Å². The molecule has 0 spiro atoms. The number of phosphoric ester groups is 1. The monoisotopic (exact) mass is 1110 g/mol. The molecule has 2 atom stereocenters. The summed E-state index contributed by atoms with van der Waals surface area (Å²) >= 11 is 0. The lowest BCUT2D eigenvalue weighted by Gasteiger charge is -2.28. The van der Waals surface area contributed by atoms with E-state index < -0.39 is 26.5 Å². The van der Waals surface area contributed by atoms with E-state index in [0.717, 1.165) is 51.4 Å². The standard InChI is InChI=1S/C67H130NO8P/c1-6-8-10-12-14-16-18-20-22-24-25-26-27-28-29-30-31-32-33-34-35-36-37-38-39-40-41-42-43-44-46-48-50-52-54-56-58-60-67(70)76-65(64-75-77(71,72)74-62-61-68(3,4)5)63-73-66(69)59-57-55-53-51-49-47-45-23-21-19-17-15-13-11-9-7-2/h23-25,45,65H,6-22,26-44,46-64H2,1-5H3/b25-24-,45-23-. The van der Waals surface area contributed by atoms with Crippen LogP contribution < -0.4 is 4.89 Å². The van der Waals surface area contributed by atoms with Crippen LogP contribution in [0.25, 0.3) is 0 Å². The van der Waals surface area contributed by atoms with Crippen molar-refractivity contribution in [2.24, 2.45) is 0 Å². The van der Waals surface area contributed by atoms with Crippen LogP contribution in [0.1, 0.15) is 341 Å². The Hall–Kier alpha value is -1.51. The van der Waals surface area contributed by atoms with Crippen molar-refractivity contribution in [1.29, 1.82) is 0 Å². The van der Waals surface area contributed by atoms with Crippen LogP contribution in [0.15, 0.2) is 24.3 Å². The third-order valence-electron chi connectivity index (χ3n) is 15.2. The van der Waals surface area contributed by atoms with Gasteiger partial charge < -0.3 is 27.9 Å². The quantitative estimate of drug-likeness (QED) is 0.0195. The molecule has 0 bridgehead atoms. The van der Waals surface area contributed by atoms with Crippen molar-refractivity contribution in [3.63, 3.8) is 0 Å². The number of carbonyl (C=O) groups excluding carboxylic acids is 2. The molecule has 0 aliphatic rings. The molecule has 0 heterocycles. The molecule has 9 nitrogen and oxygen atoms in total. The molecular weight excluding hydrogens is 978 g/mol. The topological polar surface area (TPSA) is 111 Å². The summed E-state index contributed by atoms with van der Waals surface area (Å²) in [5, 5.41) is 0. The van der Waals surface area contributed by atoms with Gasteiger partial charge in [0.15, 0.2) is 6.10 Å². The molecule has 0 aromatic heterocycles. The SMILES string of the molecule is CCCCCCCCC/C=C\CCCCCCCC(=O)OCC(COP(=O)([O-])OCC[N+](C)(C)C)OC(=O)CCCCCCCCCCCCCCCCCCCCCCCCCCC/C=C\CCCCCCCCCC. The Labute approximate surface area is 479 Å². The van der Waals surface area contributed by atoms with Gasteiger partial charge in [0.1, 0.15) is 19.8 Å². The molecule has 10 heteroatoms. The van der Waals surface area contributed by atoms with Gasteiger partial charge >= 0.3 is 11.9 Å². The Morgan fingerprint density at radius 2 is 0.662 bits per heavy atom. The van der Waals surface area contributed by atoms with Crippen molar-refractivity contribution in [3.05, 3.63) is 24.3 Å². The van der Waals surface area contributed by atoms with Crippen molar-refractivity contribution in [2.75, 3.05) is 47.5 Å². The van der Waals surface area contributed by atoms with Gasteiger partial charge in [-0.25, -0.2) is 0 Å². The van der Waals surface area contributed by atoms with E-state index in [2.05, 4.69) is 38.2 Å². The minimum atomic E-state index is -4.63. The number of phosphoric acid groups is 1. The molecule has 77 heavy (non-hydrogen) atoms. The number of esters is 2. The minimum absolute atomic E-state index is 0.0290. The summed E-state index contributed by atoms with van der Waals surface area (Å²) in [5.41, 5.74) is 0. The second-order valence-corrected chi connectivity index (χ2v) is 25.6. The van der Waals surface area contributed by atoms with E-state index in [1.807, 2.05) is 21.1 Å². The third-order valence-corrected chi connectivity index (χ3v) is 16.2. The molecule has 0 saturated carbocycles. The van der Waals surface area contributed by atoms with Gasteiger partial charge in [-0.3, -0.25) is 14.2 Å². The highest BCUT2D eigenvalue weighted by molar-refractivity contribution is 7.45. The Morgan fingerprint density at radius 1 is 0.390 bits per heavy atom. The molecule has 0 aliphatic heterocycles. The summed E-state index contributed by atoms with van der Waals surface area (Å²) in [6, 6.07) is 0. The Balaban J connectivity index is 3.91. The summed E-state index contributed by atoms with van der Waals surface area (Å²) in [4.78, 5) is 37.9. The molecule has 0 aromatic rings. The summed E-state index contributed by atoms with van der Waals surface area (Å²) in [7, 11) is 1.18. The van der Waals surface area contributed by atoms with Gasteiger partial charge in [-0.2, -0.15) is 0 Å². The number of allylic oxidation sites excluding steroid dienone is 4. The van der Waals surface area contributed by atoms with Gasteiger partial charge in [-0.15, -0.1) is 0 Å². The Kier molecular flexibility index (Phi) is 58.0. The Morgan fingerprint density at radius 3 is 0.961 bits per heavy atom. The number of nitrogens with zero attached hydrogens (tertiary/aromatic N) is 1. The maximum absolute atomic E-state index is 12.8. The average molecular weight is 1110 g/mol. The fourth-order valence-corrected chi connectivity index (χ4v) is 10.7. The zero-order valence-electron chi connectivity index (χ0n) is 51.9. The third kappa shape index (κ3) is 63.5. The van der Waals surface area contributed by atoms with Crippen molar-refractivity contribution in [1.82, 2.24) is 0 Å². The van der Waals surface area contributed by atoms with Crippen molar-refractivity contribution < 1.29 is 42.1 Å². The van der Waals surface area contributed by atoms with Crippen LogP contribution in [-0.2, 0) is 32.7 Å². The predicted octanol–water partition coefficient (Wildman–Crippen LogP) is 20.7. The molecule has 2 unspecified atom stereocenters. The molecular formula is C67H130NO8P. The first-order valence-corrected chi connectivity index (χ1v) is 35.0. The van der Waals surface area contributed by atoms with Crippen molar-refractivity contribution >= 4 is 19.8 Å². The Bertz CT molecular complexity index is 1350. The van der Waals surface area contributed by atoms with Gasteiger partial charge in [0.25, 0.3) is 7.82 Å². The van der Waals surface area contributed by atoms with E-state index in [4.69, 9.17) is 18.5 Å². The predicted molar refractivity (Wildman–Crippen MR) is 328 cm³/mol. The number of unbranched alkanes of at least 4 members (excludes halogenated alkanes) is 45. The maximum atomic E-state index is 12.8. The number of likely N-dealkylation sites (N-methyl/N-ethyl adjacent to an activating group) is 1. The molecule has 0 aliphatic carbocycles. The first kappa shape index (κ1) is 75.5. The van der Waals surface area contributed by atoms with E-state index in [1.165, 1.54) is 257 Å². The molecule has 0 radical (unpaired) electrons. The molecule has 0 fully saturated rings. The zero-order chi connectivity index (χ0) is 56.3. The smallest absolute Gasteiger partial charge is 0.306 e. The van der Waals surface area contributed by atoms with Crippen LogP contribution in [0.2, 0.25) is 0 Å². The first-order valence-electron chi connectivity index (χ1n) is 33.5. The number of carbonyl (C=O) groups is 2. The average Bonchev–Trinajstić information content (AvgIpc) is 3.39. The van der Waals surface area contributed by atoms with Gasteiger partial charge in [0.05, 0.1) is 27.7 Å². The second-order valence-electron chi connectivity index (χ2n) is 24.2. The summed E-state index contributed by atoms with van der Waals surface area (Å²) < 4.78 is 34.2. The number of ether oxygens (including phenoxy) is 2. The first-order chi connectivity index (χ1) is 37.5. The number of quaternary nitrogens is 1. The van der Waals surface area contributed by atoms with E-state index in [0.29, 0.717) is 17.4 Å².